The molecule has 8 heteroatoms. The van der Waals surface area contributed by atoms with Crippen molar-refractivity contribution in [3.05, 3.63) is 30.1 Å². The van der Waals surface area contributed by atoms with Crippen LogP contribution in [0.2, 0.25) is 0 Å². The van der Waals surface area contributed by atoms with Gasteiger partial charge in [-0.3, -0.25) is 4.79 Å². The number of nitrogen functional groups attached to an aromatic ring is 1. The van der Waals surface area contributed by atoms with Gasteiger partial charge in [-0.05, 0) is 43.7 Å². The third kappa shape index (κ3) is 3.67. The lowest BCUT2D eigenvalue weighted by atomic mass is 9.78. The van der Waals surface area contributed by atoms with Crippen LogP contribution in [-0.2, 0) is 4.79 Å². The smallest absolute Gasteiger partial charge is 0.233 e. The normalized spacial score (nSPS) is 22.5. The minimum Gasteiger partial charge on any atom is -0.339 e. The first-order valence-corrected chi connectivity index (χ1v) is 10.5. The van der Waals surface area contributed by atoms with Gasteiger partial charge in [-0.25, -0.2) is 9.07 Å². The average molecular weight is 390 g/mol. The van der Waals surface area contributed by atoms with Crippen LogP contribution in [0.3, 0.4) is 0 Å². The standard InChI is InChI=1S/C19H24FN5OS/c20-15-9-3-2-8-14(15)18-22-23-19(25(18)21)27-12-17(26)24-11-5-7-13-6-1-4-10-16(13)24/h2-3,8-9,13,16H,1,4-7,10-12,21H2/t13-,16+/m0/s1. The van der Waals surface area contributed by atoms with Gasteiger partial charge in [-0.2, -0.15) is 0 Å². The number of nitrogens with zero attached hydrogens (tertiary/aromatic N) is 4. The summed E-state index contributed by atoms with van der Waals surface area (Å²) in [6.07, 6.45) is 7.18. The van der Waals surface area contributed by atoms with Crippen LogP contribution in [0.5, 0.6) is 0 Å². The number of aromatic nitrogens is 3. The molecule has 2 heterocycles. The molecule has 2 aliphatic rings. The highest BCUT2D eigenvalue weighted by Crippen LogP contribution is 2.35. The van der Waals surface area contributed by atoms with Crippen LogP contribution in [0.1, 0.15) is 38.5 Å². The maximum Gasteiger partial charge on any atom is 0.233 e. The van der Waals surface area contributed by atoms with E-state index in [9.17, 15) is 9.18 Å². The van der Waals surface area contributed by atoms with E-state index in [1.54, 1.807) is 18.2 Å². The van der Waals surface area contributed by atoms with Crippen LogP contribution in [0.25, 0.3) is 11.4 Å². The molecule has 1 aliphatic carbocycles. The summed E-state index contributed by atoms with van der Waals surface area (Å²) < 4.78 is 15.2. The fraction of sp³-hybridized carbons (Fsp3) is 0.526. The van der Waals surface area contributed by atoms with Gasteiger partial charge >= 0.3 is 0 Å². The van der Waals surface area contributed by atoms with Crippen molar-refractivity contribution in [2.45, 2.75) is 49.7 Å². The SMILES string of the molecule is Nn1c(SCC(=O)N2CCC[C@@H]3CCCC[C@H]32)nnc1-c1ccccc1F. The van der Waals surface area contributed by atoms with Crippen LogP contribution >= 0.6 is 11.8 Å². The minimum atomic E-state index is -0.402. The summed E-state index contributed by atoms with van der Waals surface area (Å²) in [7, 11) is 0. The number of carbonyl (C=O) groups excluding carboxylic acids is 1. The van der Waals surface area contributed by atoms with Crippen LogP contribution in [0.15, 0.2) is 29.4 Å². The highest BCUT2D eigenvalue weighted by Gasteiger charge is 2.35. The highest BCUT2D eigenvalue weighted by atomic mass is 32.2. The summed E-state index contributed by atoms with van der Waals surface area (Å²) in [5, 5.41) is 8.47. The third-order valence-electron chi connectivity index (χ3n) is 5.67. The van der Waals surface area contributed by atoms with Crippen LogP contribution < -0.4 is 5.84 Å². The number of piperidine rings is 1. The van der Waals surface area contributed by atoms with Gasteiger partial charge < -0.3 is 10.7 Å². The molecule has 0 radical (unpaired) electrons. The van der Waals surface area contributed by atoms with Crippen molar-refractivity contribution in [1.82, 2.24) is 19.8 Å². The summed E-state index contributed by atoms with van der Waals surface area (Å²) in [5.41, 5.74) is 0.298. The Bertz CT molecular complexity index is 824. The highest BCUT2D eigenvalue weighted by molar-refractivity contribution is 7.99. The van der Waals surface area contributed by atoms with Crippen molar-refractivity contribution >= 4 is 17.7 Å². The molecule has 1 aliphatic heterocycles. The Morgan fingerprint density at radius 2 is 1.96 bits per heavy atom. The fourth-order valence-corrected chi connectivity index (χ4v) is 5.09. The molecule has 1 aromatic carbocycles. The lowest BCUT2D eigenvalue weighted by Gasteiger charge is -2.44. The van der Waals surface area contributed by atoms with Gasteiger partial charge in [0.1, 0.15) is 5.82 Å². The van der Waals surface area contributed by atoms with Gasteiger partial charge in [0, 0.05) is 12.6 Å². The molecule has 1 saturated heterocycles. The Balaban J connectivity index is 1.43. The van der Waals surface area contributed by atoms with E-state index in [1.807, 2.05) is 0 Å². The molecular formula is C19H24FN5OS. The van der Waals surface area contributed by atoms with Crippen molar-refractivity contribution in [3.8, 4) is 11.4 Å². The Kier molecular flexibility index (Phi) is 5.33. The van der Waals surface area contributed by atoms with Gasteiger partial charge in [0.15, 0.2) is 5.82 Å². The van der Waals surface area contributed by atoms with Gasteiger partial charge in [-0.15, -0.1) is 10.2 Å². The van der Waals surface area contributed by atoms with Gasteiger partial charge in [-0.1, -0.05) is 36.7 Å². The Hall–Kier alpha value is -2.09. The molecule has 144 valence electrons. The Morgan fingerprint density at radius 3 is 2.81 bits per heavy atom. The maximum atomic E-state index is 14.0. The monoisotopic (exact) mass is 389 g/mol. The number of thioether (sulfide) groups is 1. The predicted octanol–water partition coefficient (Wildman–Crippen LogP) is 3.07. The maximum absolute atomic E-state index is 14.0. The molecular weight excluding hydrogens is 365 g/mol. The van der Waals surface area contributed by atoms with Gasteiger partial charge in [0.05, 0.1) is 11.3 Å². The number of rotatable bonds is 4. The molecule has 2 aromatic rings. The van der Waals surface area contributed by atoms with Crippen molar-refractivity contribution in [2.75, 3.05) is 18.1 Å². The number of fused-ring (bicyclic) bond motifs is 1. The van der Waals surface area contributed by atoms with E-state index in [0.717, 1.165) is 19.4 Å². The first-order valence-electron chi connectivity index (χ1n) is 9.53. The van der Waals surface area contributed by atoms with E-state index < -0.39 is 5.82 Å². The summed E-state index contributed by atoms with van der Waals surface area (Å²) in [6.45, 7) is 0.844. The third-order valence-corrected chi connectivity index (χ3v) is 6.60. The molecule has 1 aromatic heterocycles. The molecule has 0 spiro atoms. The first-order chi connectivity index (χ1) is 13.1. The van der Waals surface area contributed by atoms with Gasteiger partial charge in [0.2, 0.25) is 11.1 Å². The second-order valence-electron chi connectivity index (χ2n) is 7.29. The van der Waals surface area contributed by atoms with Crippen LogP contribution in [-0.4, -0.2) is 44.0 Å². The second kappa shape index (κ2) is 7.88. The first kappa shape index (κ1) is 18.3. The Labute approximate surface area is 162 Å². The Morgan fingerprint density at radius 1 is 1.19 bits per heavy atom. The molecule has 27 heavy (non-hydrogen) atoms. The number of carbonyl (C=O) groups is 1. The zero-order valence-electron chi connectivity index (χ0n) is 15.2. The molecule has 1 amide bonds. The van der Waals surface area contributed by atoms with Crippen molar-refractivity contribution in [2.24, 2.45) is 5.92 Å². The predicted molar refractivity (Wildman–Crippen MR) is 103 cm³/mol. The number of nitrogens with two attached hydrogens (primary N) is 1. The molecule has 2 atom stereocenters. The number of halogens is 1. The average Bonchev–Trinajstić information content (AvgIpc) is 3.06. The zero-order valence-corrected chi connectivity index (χ0v) is 16.0. The summed E-state index contributed by atoms with van der Waals surface area (Å²) in [4.78, 5) is 14.9. The molecule has 4 rings (SSSR count). The van der Waals surface area contributed by atoms with E-state index in [4.69, 9.17) is 5.84 Å². The van der Waals surface area contributed by atoms with E-state index in [1.165, 1.54) is 48.2 Å². The lowest BCUT2D eigenvalue weighted by molar-refractivity contribution is -0.134. The number of hydrogen-bond donors (Lipinski definition) is 1. The van der Waals surface area contributed by atoms with E-state index in [-0.39, 0.29) is 17.5 Å². The number of amides is 1. The molecule has 6 nitrogen and oxygen atoms in total. The molecule has 2 N–H and O–H groups in total. The topological polar surface area (TPSA) is 77.0 Å². The summed E-state index contributed by atoms with van der Waals surface area (Å²) >= 11 is 1.26. The summed E-state index contributed by atoms with van der Waals surface area (Å²) in [5.74, 6) is 6.97. The quantitative estimate of drug-likeness (QED) is 0.642. The van der Waals surface area contributed by atoms with Crippen molar-refractivity contribution in [3.63, 3.8) is 0 Å². The molecule has 1 saturated carbocycles. The lowest BCUT2D eigenvalue weighted by Crippen LogP contribution is -2.50. The number of benzene rings is 1. The molecule has 2 fully saturated rings. The van der Waals surface area contributed by atoms with E-state index >= 15 is 0 Å². The number of hydrogen-bond acceptors (Lipinski definition) is 5. The number of likely N-dealkylation sites (tertiary alicyclic amines) is 1. The second-order valence-corrected chi connectivity index (χ2v) is 8.23. The van der Waals surface area contributed by atoms with Crippen molar-refractivity contribution < 1.29 is 9.18 Å². The van der Waals surface area contributed by atoms with Crippen molar-refractivity contribution in [1.29, 1.82) is 0 Å². The van der Waals surface area contributed by atoms with Crippen LogP contribution in [0, 0.1) is 11.7 Å². The molecule has 0 bridgehead atoms. The largest absolute Gasteiger partial charge is 0.339 e. The van der Waals surface area contributed by atoms with E-state index in [0.29, 0.717) is 22.7 Å². The molecule has 0 unspecified atom stereocenters. The van der Waals surface area contributed by atoms with E-state index in [2.05, 4.69) is 15.1 Å². The fourth-order valence-electron chi connectivity index (χ4n) is 4.35. The van der Waals surface area contributed by atoms with Gasteiger partial charge in [0.25, 0.3) is 0 Å². The van der Waals surface area contributed by atoms with Crippen LogP contribution in [0.4, 0.5) is 4.39 Å². The summed E-state index contributed by atoms with van der Waals surface area (Å²) in [6, 6.07) is 6.70. The zero-order chi connectivity index (χ0) is 18.8. The minimum absolute atomic E-state index is 0.132.